The van der Waals surface area contributed by atoms with Crippen LogP contribution in [0.2, 0.25) is 0 Å². The van der Waals surface area contributed by atoms with Crippen LogP contribution in [0.4, 0.5) is 4.39 Å². The van der Waals surface area contributed by atoms with Gasteiger partial charge in [-0.15, -0.1) is 0 Å². The highest BCUT2D eigenvalue weighted by atomic mass is 79.9. The molecule has 2 nitrogen and oxygen atoms in total. The van der Waals surface area contributed by atoms with Gasteiger partial charge in [0.2, 0.25) is 0 Å². The number of nitrogens with zero attached hydrogens (tertiary/aromatic N) is 1. The average Bonchev–Trinajstić information content (AvgIpc) is 2.22. The zero-order chi connectivity index (χ0) is 12.3. The topological polar surface area (TPSA) is 20.3 Å². The number of benzene rings is 1. The van der Waals surface area contributed by atoms with E-state index in [1.165, 1.54) is 4.90 Å². The minimum atomic E-state index is -0.934. The van der Waals surface area contributed by atoms with Gasteiger partial charge in [-0.3, -0.25) is 4.79 Å². The van der Waals surface area contributed by atoms with Gasteiger partial charge in [-0.05, 0) is 24.1 Å². The summed E-state index contributed by atoms with van der Waals surface area (Å²) in [5.41, 5.74) is 2.04. The Bertz CT molecular complexity index is 431. The molecule has 0 heterocycles. The number of likely N-dealkylation sites (N-methyl/N-ethyl adjacent to an activating group) is 1. The molecule has 0 saturated carbocycles. The highest BCUT2D eigenvalue weighted by Gasteiger charge is 2.12. The zero-order valence-electron chi connectivity index (χ0n) is 9.26. The van der Waals surface area contributed by atoms with Gasteiger partial charge in [-0.1, -0.05) is 34.6 Å². The summed E-state index contributed by atoms with van der Waals surface area (Å²) in [5, 5.41) is 0. The minimum Gasteiger partial charge on any atom is -0.335 e. The number of rotatable bonds is 3. The van der Waals surface area contributed by atoms with Crippen molar-refractivity contribution in [1.82, 2.24) is 4.90 Å². The van der Waals surface area contributed by atoms with Crippen LogP contribution in [-0.4, -0.2) is 17.9 Å². The summed E-state index contributed by atoms with van der Waals surface area (Å²) in [4.78, 5) is 12.5. The van der Waals surface area contributed by atoms with Crippen LogP contribution in [0.3, 0.4) is 0 Å². The maximum absolute atomic E-state index is 12.6. The second-order valence-electron chi connectivity index (χ2n) is 3.65. The molecule has 0 aliphatic carbocycles. The Hall–Kier alpha value is -1.16. The summed E-state index contributed by atoms with van der Waals surface area (Å²) in [6.07, 6.45) is 0. The number of hydrogen-bond donors (Lipinski definition) is 0. The molecule has 0 saturated heterocycles. The van der Waals surface area contributed by atoms with Crippen LogP contribution in [0.1, 0.15) is 11.1 Å². The summed E-state index contributed by atoms with van der Waals surface area (Å²) in [6, 6.07) is 5.75. The lowest BCUT2D eigenvalue weighted by Crippen LogP contribution is -2.26. The Labute approximate surface area is 103 Å². The summed E-state index contributed by atoms with van der Waals surface area (Å²) in [7, 11) is 1.55. The minimum absolute atomic E-state index is 0.371. The van der Waals surface area contributed by atoms with Crippen molar-refractivity contribution in [2.75, 3.05) is 7.05 Å². The van der Waals surface area contributed by atoms with Crippen molar-refractivity contribution in [2.24, 2.45) is 0 Å². The first kappa shape index (κ1) is 12.9. The van der Waals surface area contributed by atoms with E-state index in [-0.39, 0.29) is 0 Å². The Morgan fingerprint density at radius 3 is 2.69 bits per heavy atom. The Kier molecular flexibility index (Phi) is 4.24. The van der Waals surface area contributed by atoms with Gasteiger partial charge in [0.05, 0.1) is 0 Å². The normalized spacial score (nSPS) is 10.0. The molecule has 1 amide bonds. The molecule has 16 heavy (non-hydrogen) atoms. The summed E-state index contributed by atoms with van der Waals surface area (Å²) >= 11 is 3.39. The van der Waals surface area contributed by atoms with Crippen LogP contribution in [0.5, 0.6) is 0 Å². The van der Waals surface area contributed by atoms with E-state index in [0.29, 0.717) is 6.54 Å². The molecule has 0 radical (unpaired) electrons. The Balaban J connectivity index is 2.77. The van der Waals surface area contributed by atoms with Gasteiger partial charge >= 0.3 is 0 Å². The fourth-order valence-corrected chi connectivity index (χ4v) is 1.60. The molecule has 1 aromatic carbocycles. The number of carbonyl (C=O) groups is 1. The summed E-state index contributed by atoms with van der Waals surface area (Å²) in [5.74, 6) is -1.61. The van der Waals surface area contributed by atoms with Crippen molar-refractivity contribution in [3.05, 3.63) is 46.2 Å². The van der Waals surface area contributed by atoms with Crippen LogP contribution in [-0.2, 0) is 11.3 Å². The second kappa shape index (κ2) is 5.25. The standard InChI is InChI=1S/C12H13BrFNO/c1-8-6-10(4-5-11(8)13)7-15(3)12(16)9(2)14/h4-6H,2,7H2,1,3H3. The van der Waals surface area contributed by atoms with E-state index >= 15 is 0 Å². The smallest absolute Gasteiger partial charge is 0.282 e. The highest BCUT2D eigenvalue weighted by Crippen LogP contribution is 2.18. The molecule has 0 aliphatic heterocycles. The van der Waals surface area contributed by atoms with Crippen LogP contribution in [0, 0.1) is 6.92 Å². The molecule has 0 aromatic heterocycles. The van der Waals surface area contributed by atoms with E-state index in [1.807, 2.05) is 25.1 Å². The number of halogens is 2. The number of carbonyl (C=O) groups excluding carboxylic acids is 1. The summed E-state index contributed by atoms with van der Waals surface area (Å²) < 4.78 is 13.6. The molecular formula is C12H13BrFNO. The van der Waals surface area contributed by atoms with Gasteiger partial charge in [-0.25, -0.2) is 4.39 Å². The maximum Gasteiger partial charge on any atom is 0.282 e. The van der Waals surface area contributed by atoms with Gasteiger partial charge in [0.1, 0.15) is 0 Å². The quantitative estimate of drug-likeness (QED) is 0.781. The molecule has 0 fully saturated rings. The lowest BCUT2D eigenvalue weighted by atomic mass is 10.1. The number of hydrogen-bond acceptors (Lipinski definition) is 1. The van der Waals surface area contributed by atoms with Crippen molar-refractivity contribution < 1.29 is 9.18 Å². The first-order valence-corrected chi connectivity index (χ1v) is 5.56. The monoisotopic (exact) mass is 285 g/mol. The molecule has 0 spiro atoms. The first-order valence-electron chi connectivity index (χ1n) is 4.76. The SMILES string of the molecule is C=C(F)C(=O)N(C)Cc1ccc(Br)c(C)c1. The molecule has 86 valence electrons. The third-order valence-electron chi connectivity index (χ3n) is 2.22. The number of aryl methyl sites for hydroxylation is 1. The highest BCUT2D eigenvalue weighted by molar-refractivity contribution is 9.10. The van der Waals surface area contributed by atoms with Gasteiger partial charge in [0.15, 0.2) is 5.83 Å². The van der Waals surface area contributed by atoms with Crippen molar-refractivity contribution in [3.8, 4) is 0 Å². The predicted molar refractivity (Wildman–Crippen MR) is 65.6 cm³/mol. The van der Waals surface area contributed by atoms with Gasteiger partial charge in [0.25, 0.3) is 5.91 Å². The van der Waals surface area contributed by atoms with E-state index < -0.39 is 11.7 Å². The van der Waals surface area contributed by atoms with Crippen molar-refractivity contribution >= 4 is 21.8 Å². The predicted octanol–water partition coefficient (Wildman–Crippen LogP) is 3.20. The molecular weight excluding hydrogens is 273 g/mol. The van der Waals surface area contributed by atoms with Crippen molar-refractivity contribution in [3.63, 3.8) is 0 Å². The summed E-state index contributed by atoms with van der Waals surface area (Å²) in [6.45, 7) is 5.32. The molecule has 0 bridgehead atoms. The Morgan fingerprint density at radius 2 is 2.19 bits per heavy atom. The van der Waals surface area contributed by atoms with Crippen LogP contribution in [0.25, 0.3) is 0 Å². The van der Waals surface area contributed by atoms with Gasteiger partial charge < -0.3 is 4.90 Å². The van der Waals surface area contributed by atoms with Crippen molar-refractivity contribution in [2.45, 2.75) is 13.5 Å². The molecule has 0 unspecified atom stereocenters. The third kappa shape index (κ3) is 3.17. The first-order chi connectivity index (χ1) is 7.41. The molecule has 1 aromatic rings. The molecule has 4 heteroatoms. The van der Waals surface area contributed by atoms with E-state index in [4.69, 9.17) is 0 Å². The second-order valence-corrected chi connectivity index (χ2v) is 4.50. The van der Waals surface area contributed by atoms with E-state index in [9.17, 15) is 9.18 Å². The third-order valence-corrected chi connectivity index (χ3v) is 3.11. The van der Waals surface area contributed by atoms with Gasteiger partial charge in [0, 0.05) is 18.1 Å². The molecule has 0 atom stereocenters. The maximum atomic E-state index is 12.6. The average molecular weight is 286 g/mol. The van der Waals surface area contributed by atoms with Crippen molar-refractivity contribution in [1.29, 1.82) is 0 Å². The fraction of sp³-hybridized carbons (Fsp3) is 0.250. The molecule has 0 aliphatic rings. The fourth-order valence-electron chi connectivity index (χ4n) is 1.36. The van der Waals surface area contributed by atoms with Gasteiger partial charge in [-0.2, -0.15) is 0 Å². The lowest BCUT2D eigenvalue weighted by molar-refractivity contribution is -0.127. The lowest BCUT2D eigenvalue weighted by Gasteiger charge is -2.16. The van der Waals surface area contributed by atoms with Crippen LogP contribution < -0.4 is 0 Å². The molecule has 0 N–H and O–H groups in total. The van der Waals surface area contributed by atoms with Crippen LogP contribution >= 0.6 is 15.9 Å². The van der Waals surface area contributed by atoms with E-state index in [0.717, 1.165) is 15.6 Å². The zero-order valence-corrected chi connectivity index (χ0v) is 10.8. The Morgan fingerprint density at radius 1 is 1.56 bits per heavy atom. The molecule has 1 rings (SSSR count). The number of amides is 1. The largest absolute Gasteiger partial charge is 0.335 e. The van der Waals surface area contributed by atoms with Crippen LogP contribution in [0.15, 0.2) is 35.1 Å². The van der Waals surface area contributed by atoms with E-state index in [1.54, 1.807) is 7.05 Å². The van der Waals surface area contributed by atoms with E-state index in [2.05, 4.69) is 22.5 Å².